The third-order valence-electron chi connectivity index (χ3n) is 3.08. The average Bonchev–Trinajstić information content (AvgIpc) is 2.03. The van der Waals surface area contributed by atoms with Crippen LogP contribution in [0.3, 0.4) is 0 Å². The predicted molar refractivity (Wildman–Crippen MR) is 54.2 cm³/mol. The first-order chi connectivity index (χ1) is 5.70. The molecule has 0 saturated carbocycles. The van der Waals surface area contributed by atoms with Gasteiger partial charge in [-0.05, 0) is 43.7 Å². The van der Waals surface area contributed by atoms with Gasteiger partial charge < -0.3 is 5.32 Å². The molecule has 1 aliphatic heterocycles. The molecule has 1 saturated heterocycles. The van der Waals surface area contributed by atoms with E-state index in [9.17, 15) is 0 Å². The second kappa shape index (κ2) is 4.86. The third-order valence-corrected chi connectivity index (χ3v) is 3.08. The summed E-state index contributed by atoms with van der Waals surface area (Å²) in [7, 11) is 0. The molecule has 0 amide bonds. The molecule has 0 aromatic carbocycles. The molecular weight excluding hydrogens is 146 g/mol. The summed E-state index contributed by atoms with van der Waals surface area (Å²) in [5.74, 6) is 2.78. The standard InChI is InChI=1S/C11H23N/c1-9(2)4-5-11-6-7-12-8-10(11)3/h9-12H,4-8H2,1-3H3. The topological polar surface area (TPSA) is 12.0 Å². The molecule has 1 aliphatic rings. The highest BCUT2D eigenvalue weighted by atomic mass is 14.9. The first-order valence-corrected chi connectivity index (χ1v) is 5.41. The molecule has 0 bridgehead atoms. The number of hydrogen-bond acceptors (Lipinski definition) is 1. The first kappa shape index (κ1) is 10.0. The van der Waals surface area contributed by atoms with E-state index in [1.807, 2.05) is 0 Å². The summed E-state index contributed by atoms with van der Waals surface area (Å²) in [4.78, 5) is 0. The van der Waals surface area contributed by atoms with Gasteiger partial charge in [0.15, 0.2) is 0 Å². The quantitative estimate of drug-likeness (QED) is 0.685. The first-order valence-electron chi connectivity index (χ1n) is 5.41. The fourth-order valence-electron chi connectivity index (χ4n) is 2.04. The van der Waals surface area contributed by atoms with Gasteiger partial charge >= 0.3 is 0 Å². The summed E-state index contributed by atoms with van der Waals surface area (Å²) in [6.07, 6.45) is 4.25. The van der Waals surface area contributed by atoms with E-state index in [-0.39, 0.29) is 0 Å². The van der Waals surface area contributed by atoms with E-state index in [0.717, 1.165) is 17.8 Å². The van der Waals surface area contributed by atoms with Crippen molar-refractivity contribution in [2.24, 2.45) is 17.8 Å². The zero-order valence-electron chi connectivity index (χ0n) is 8.77. The van der Waals surface area contributed by atoms with E-state index in [4.69, 9.17) is 0 Å². The molecular formula is C11H23N. The Balaban J connectivity index is 2.20. The highest BCUT2D eigenvalue weighted by molar-refractivity contribution is 4.75. The number of nitrogens with one attached hydrogen (secondary N) is 1. The van der Waals surface area contributed by atoms with Crippen LogP contribution in [0.25, 0.3) is 0 Å². The second-order valence-corrected chi connectivity index (χ2v) is 4.70. The molecule has 1 N–H and O–H groups in total. The Morgan fingerprint density at radius 3 is 2.75 bits per heavy atom. The molecule has 1 nitrogen and oxygen atoms in total. The van der Waals surface area contributed by atoms with Crippen LogP contribution in [0.1, 0.15) is 40.0 Å². The van der Waals surface area contributed by atoms with Crippen LogP contribution < -0.4 is 5.32 Å². The van der Waals surface area contributed by atoms with E-state index in [2.05, 4.69) is 26.1 Å². The minimum atomic E-state index is 0.882. The summed E-state index contributed by atoms with van der Waals surface area (Å²) < 4.78 is 0. The molecule has 0 aliphatic carbocycles. The lowest BCUT2D eigenvalue weighted by Gasteiger charge is -2.29. The highest BCUT2D eigenvalue weighted by Crippen LogP contribution is 2.25. The van der Waals surface area contributed by atoms with E-state index >= 15 is 0 Å². The van der Waals surface area contributed by atoms with Crippen molar-refractivity contribution in [1.82, 2.24) is 5.32 Å². The Bertz CT molecular complexity index is 120. The lowest BCUT2D eigenvalue weighted by molar-refractivity contribution is 0.245. The zero-order valence-corrected chi connectivity index (χ0v) is 8.77. The molecule has 72 valence electrons. The van der Waals surface area contributed by atoms with Crippen molar-refractivity contribution >= 4 is 0 Å². The van der Waals surface area contributed by atoms with E-state index < -0.39 is 0 Å². The van der Waals surface area contributed by atoms with Gasteiger partial charge in [0.2, 0.25) is 0 Å². The Labute approximate surface area is 76.9 Å². The van der Waals surface area contributed by atoms with Gasteiger partial charge in [0, 0.05) is 0 Å². The van der Waals surface area contributed by atoms with Crippen LogP contribution in [0, 0.1) is 17.8 Å². The summed E-state index contributed by atoms with van der Waals surface area (Å²) >= 11 is 0. The Morgan fingerprint density at radius 1 is 1.42 bits per heavy atom. The van der Waals surface area contributed by atoms with Crippen molar-refractivity contribution in [3.8, 4) is 0 Å². The van der Waals surface area contributed by atoms with E-state index in [1.165, 1.54) is 32.4 Å². The summed E-state index contributed by atoms with van der Waals surface area (Å²) in [6.45, 7) is 9.52. The molecule has 1 heteroatoms. The van der Waals surface area contributed by atoms with Crippen molar-refractivity contribution in [1.29, 1.82) is 0 Å². The summed E-state index contributed by atoms with van der Waals surface area (Å²) in [5, 5.41) is 3.45. The summed E-state index contributed by atoms with van der Waals surface area (Å²) in [5.41, 5.74) is 0. The van der Waals surface area contributed by atoms with Crippen LogP contribution in [0.2, 0.25) is 0 Å². The van der Waals surface area contributed by atoms with Gasteiger partial charge in [-0.25, -0.2) is 0 Å². The molecule has 2 atom stereocenters. The molecule has 1 heterocycles. The van der Waals surface area contributed by atoms with Crippen LogP contribution in [-0.2, 0) is 0 Å². The fraction of sp³-hybridized carbons (Fsp3) is 1.00. The van der Waals surface area contributed by atoms with Crippen molar-refractivity contribution in [3.05, 3.63) is 0 Å². The van der Waals surface area contributed by atoms with Crippen LogP contribution in [0.4, 0.5) is 0 Å². The van der Waals surface area contributed by atoms with Crippen molar-refractivity contribution in [3.63, 3.8) is 0 Å². The van der Waals surface area contributed by atoms with Crippen LogP contribution >= 0.6 is 0 Å². The lowest BCUT2D eigenvalue weighted by atomic mass is 9.83. The number of rotatable bonds is 3. The maximum Gasteiger partial charge on any atom is -0.00205 e. The van der Waals surface area contributed by atoms with E-state index in [1.54, 1.807) is 0 Å². The minimum absolute atomic E-state index is 0.882. The Morgan fingerprint density at radius 2 is 2.17 bits per heavy atom. The van der Waals surface area contributed by atoms with Crippen LogP contribution in [0.15, 0.2) is 0 Å². The fourth-order valence-corrected chi connectivity index (χ4v) is 2.04. The molecule has 1 rings (SSSR count). The van der Waals surface area contributed by atoms with Gasteiger partial charge in [0.1, 0.15) is 0 Å². The lowest BCUT2D eigenvalue weighted by Crippen LogP contribution is -2.35. The third kappa shape index (κ3) is 3.14. The van der Waals surface area contributed by atoms with Gasteiger partial charge in [-0.3, -0.25) is 0 Å². The van der Waals surface area contributed by atoms with Crippen molar-refractivity contribution in [2.45, 2.75) is 40.0 Å². The SMILES string of the molecule is CC(C)CCC1CCNCC1C. The maximum absolute atomic E-state index is 3.45. The molecule has 2 unspecified atom stereocenters. The van der Waals surface area contributed by atoms with Gasteiger partial charge in [-0.15, -0.1) is 0 Å². The monoisotopic (exact) mass is 169 g/mol. The number of hydrogen-bond donors (Lipinski definition) is 1. The van der Waals surface area contributed by atoms with Crippen molar-refractivity contribution < 1.29 is 0 Å². The Kier molecular flexibility index (Phi) is 4.07. The predicted octanol–water partition coefficient (Wildman–Crippen LogP) is 2.67. The van der Waals surface area contributed by atoms with Gasteiger partial charge in [0.05, 0.1) is 0 Å². The number of piperidine rings is 1. The van der Waals surface area contributed by atoms with Crippen LogP contribution in [-0.4, -0.2) is 13.1 Å². The van der Waals surface area contributed by atoms with Gasteiger partial charge in [-0.1, -0.05) is 27.2 Å². The molecule has 12 heavy (non-hydrogen) atoms. The second-order valence-electron chi connectivity index (χ2n) is 4.70. The molecule has 1 fully saturated rings. The highest BCUT2D eigenvalue weighted by Gasteiger charge is 2.20. The minimum Gasteiger partial charge on any atom is -0.316 e. The van der Waals surface area contributed by atoms with Gasteiger partial charge in [-0.2, -0.15) is 0 Å². The zero-order chi connectivity index (χ0) is 8.97. The molecule has 0 aromatic rings. The molecule has 0 spiro atoms. The molecule has 0 radical (unpaired) electrons. The van der Waals surface area contributed by atoms with Crippen LogP contribution in [0.5, 0.6) is 0 Å². The van der Waals surface area contributed by atoms with E-state index in [0.29, 0.717) is 0 Å². The largest absolute Gasteiger partial charge is 0.316 e. The normalized spacial score (nSPS) is 31.0. The smallest absolute Gasteiger partial charge is 0.00205 e. The Hall–Kier alpha value is -0.0400. The molecule has 0 aromatic heterocycles. The maximum atomic E-state index is 3.45. The van der Waals surface area contributed by atoms with Crippen molar-refractivity contribution in [2.75, 3.05) is 13.1 Å². The summed E-state index contributed by atoms with van der Waals surface area (Å²) in [6, 6.07) is 0. The average molecular weight is 169 g/mol. The van der Waals surface area contributed by atoms with Gasteiger partial charge in [0.25, 0.3) is 0 Å².